The summed E-state index contributed by atoms with van der Waals surface area (Å²) in [5.74, 6) is 4.71. The first-order valence-corrected chi connectivity index (χ1v) is 6.84. The number of hydrogen-bond donors (Lipinski definition) is 0. The summed E-state index contributed by atoms with van der Waals surface area (Å²) in [6.07, 6.45) is 3.41. The van der Waals surface area contributed by atoms with Crippen LogP contribution in [0.1, 0.15) is 17.9 Å². The van der Waals surface area contributed by atoms with E-state index in [0.29, 0.717) is 11.8 Å². The third-order valence-electron chi connectivity index (χ3n) is 3.44. The van der Waals surface area contributed by atoms with Gasteiger partial charge in [0, 0.05) is 17.9 Å². The van der Waals surface area contributed by atoms with Gasteiger partial charge in [0.05, 0.1) is 12.8 Å². The van der Waals surface area contributed by atoms with Crippen LogP contribution < -0.4 is 4.74 Å². The average molecular weight is 233 g/mol. The first-order valence-electron chi connectivity index (χ1n) is 5.68. The number of rotatable bonds is 1. The van der Waals surface area contributed by atoms with E-state index in [0.717, 1.165) is 11.4 Å². The number of aliphatic imine (C=N–C) groups is 1. The molecule has 3 heteroatoms. The Kier molecular flexibility index (Phi) is 2.64. The van der Waals surface area contributed by atoms with Gasteiger partial charge in [-0.3, -0.25) is 4.99 Å². The quantitative estimate of drug-likeness (QED) is 0.742. The molecule has 0 radical (unpaired) electrons. The molecule has 0 aromatic heterocycles. The number of ether oxygens (including phenoxy) is 1. The number of nitrogens with zero attached hydrogens (tertiary/aromatic N) is 1. The van der Waals surface area contributed by atoms with Crippen LogP contribution in [0, 0.1) is 5.92 Å². The Morgan fingerprint density at radius 3 is 3.25 bits per heavy atom. The Bertz CT molecular complexity index is 430. The molecular formula is C13H15NOS. The molecule has 16 heavy (non-hydrogen) atoms. The van der Waals surface area contributed by atoms with Crippen molar-refractivity contribution in [3.63, 3.8) is 0 Å². The predicted octanol–water partition coefficient (Wildman–Crippen LogP) is 3.25. The monoisotopic (exact) mass is 233 g/mol. The van der Waals surface area contributed by atoms with Crippen molar-refractivity contribution in [3.05, 3.63) is 23.8 Å². The van der Waals surface area contributed by atoms with Gasteiger partial charge in [-0.15, -0.1) is 0 Å². The summed E-state index contributed by atoms with van der Waals surface area (Å²) in [6, 6.07) is 6.23. The highest BCUT2D eigenvalue weighted by Gasteiger charge is 2.30. The van der Waals surface area contributed by atoms with E-state index in [1.54, 1.807) is 7.11 Å². The Balaban J connectivity index is 2.03. The lowest BCUT2D eigenvalue weighted by Gasteiger charge is -2.32. The topological polar surface area (TPSA) is 21.6 Å². The Morgan fingerprint density at radius 1 is 1.44 bits per heavy atom. The Morgan fingerprint density at radius 2 is 2.38 bits per heavy atom. The first-order chi connectivity index (χ1) is 7.88. The van der Waals surface area contributed by atoms with Crippen molar-refractivity contribution >= 4 is 23.7 Å². The minimum Gasteiger partial charge on any atom is -0.497 e. The largest absolute Gasteiger partial charge is 0.497 e. The van der Waals surface area contributed by atoms with E-state index in [1.165, 1.54) is 23.5 Å². The molecule has 2 aliphatic rings. The second-order valence-corrected chi connectivity index (χ2v) is 5.49. The second-order valence-electron chi connectivity index (χ2n) is 4.34. The van der Waals surface area contributed by atoms with Gasteiger partial charge in [0.1, 0.15) is 5.75 Å². The molecule has 0 saturated carbocycles. The van der Waals surface area contributed by atoms with Gasteiger partial charge in [-0.1, -0.05) is 0 Å². The van der Waals surface area contributed by atoms with E-state index in [-0.39, 0.29) is 0 Å². The summed E-state index contributed by atoms with van der Waals surface area (Å²) in [6.45, 7) is 0. The van der Waals surface area contributed by atoms with E-state index in [2.05, 4.69) is 23.3 Å². The highest BCUT2D eigenvalue weighted by atomic mass is 32.2. The van der Waals surface area contributed by atoms with Crippen molar-refractivity contribution in [3.8, 4) is 5.75 Å². The van der Waals surface area contributed by atoms with E-state index < -0.39 is 0 Å². The normalized spacial score (nSPS) is 27.1. The SMILES string of the molecule is COc1ccc2c(c1)C1CCSCC1C=N2. The fourth-order valence-corrected chi connectivity index (χ4v) is 3.72. The van der Waals surface area contributed by atoms with Crippen LogP contribution in [0.5, 0.6) is 5.75 Å². The van der Waals surface area contributed by atoms with E-state index >= 15 is 0 Å². The lowest BCUT2D eigenvalue weighted by atomic mass is 9.82. The molecule has 2 aliphatic heterocycles. The molecule has 1 aromatic rings. The van der Waals surface area contributed by atoms with E-state index in [9.17, 15) is 0 Å². The lowest BCUT2D eigenvalue weighted by Crippen LogP contribution is -2.24. The van der Waals surface area contributed by atoms with Crippen LogP contribution in [-0.4, -0.2) is 24.8 Å². The Hall–Kier alpha value is -0.960. The van der Waals surface area contributed by atoms with Gasteiger partial charge in [-0.25, -0.2) is 0 Å². The standard InChI is InChI=1S/C13H15NOS/c1-15-10-2-3-13-12(6-10)11-4-5-16-8-9(11)7-14-13/h2-3,6-7,9,11H,4-5,8H2,1H3. The van der Waals surface area contributed by atoms with Crippen molar-refractivity contribution in [2.24, 2.45) is 10.9 Å². The predicted molar refractivity (Wildman–Crippen MR) is 69.3 cm³/mol. The highest BCUT2D eigenvalue weighted by Crippen LogP contribution is 2.43. The first kappa shape index (κ1) is 10.2. The fraction of sp³-hybridized carbons (Fsp3) is 0.462. The third kappa shape index (κ3) is 1.63. The second kappa shape index (κ2) is 4.13. The molecule has 3 rings (SSSR count). The zero-order valence-corrected chi connectivity index (χ0v) is 10.2. The average Bonchev–Trinajstić information content (AvgIpc) is 2.38. The van der Waals surface area contributed by atoms with Gasteiger partial charge in [-0.2, -0.15) is 11.8 Å². The molecule has 84 valence electrons. The molecule has 1 aromatic carbocycles. The van der Waals surface area contributed by atoms with E-state index in [4.69, 9.17) is 4.74 Å². The molecule has 1 saturated heterocycles. The van der Waals surface area contributed by atoms with Crippen LogP contribution >= 0.6 is 11.8 Å². The number of methoxy groups -OCH3 is 1. The highest BCUT2D eigenvalue weighted by molar-refractivity contribution is 7.99. The molecule has 0 spiro atoms. The van der Waals surface area contributed by atoms with E-state index in [1.807, 2.05) is 17.8 Å². The summed E-state index contributed by atoms with van der Waals surface area (Å²) < 4.78 is 5.30. The minimum absolute atomic E-state index is 0.623. The summed E-state index contributed by atoms with van der Waals surface area (Å²) >= 11 is 2.04. The van der Waals surface area contributed by atoms with Gasteiger partial charge in [0.2, 0.25) is 0 Å². The van der Waals surface area contributed by atoms with Gasteiger partial charge < -0.3 is 4.74 Å². The third-order valence-corrected chi connectivity index (χ3v) is 4.58. The Labute approximate surface area is 100 Å². The zero-order chi connectivity index (χ0) is 11.0. The van der Waals surface area contributed by atoms with Crippen molar-refractivity contribution < 1.29 is 4.74 Å². The number of fused-ring (bicyclic) bond motifs is 3. The zero-order valence-electron chi connectivity index (χ0n) is 9.35. The van der Waals surface area contributed by atoms with Gasteiger partial charge in [-0.05, 0) is 41.9 Å². The van der Waals surface area contributed by atoms with Crippen molar-refractivity contribution in [1.82, 2.24) is 0 Å². The lowest BCUT2D eigenvalue weighted by molar-refractivity contribution is 0.413. The smallest absolute Gasteiger partial charge is 0.119 e. The van der Waals surface area contributed by atoms with Crippen molar-refractivity contribution in [1.29, 1.82) is 0 Å². The molecule has 0 bridgehead atoms. The van der Waals surface area contributed by atoms with Gasteiger partial charge in [0.15, 0.2) is 0 Å². The van der Waals surface area contributed by atoms with Crippen LogP contribution in [0.25, 0.3) is 0 Å². The number of thioether (sulfide) groups is 1. The maximum Gasteiger partial charge on any atom is 0.119 e. The van der Waals surface area contributed by atoms with Crippen LogP contribution in [-0.2, 0) is 0 Å². The summed E-state index contributed by atoms with van der Waals surface area (Å²) in [5, 5.41) is 0. The van der Waals surface area contributed by atoms with Crippen molar-refractivity contribution in [2.75, 3.05) is 18.6 Å². The molecule has 1 fully saturated rings. The summed E-state index contributed by atoms with van der Waals surface area (Å²) in [5.41, 5.74) is 2.51. The minimum atomic E-state index is 0.623. The molecule has 2 unspecified atom stereocenters. The molecular weight excluding hydrogens is 218 g/mol. The fourth-order valence-electron chi connectivity index (χ4n) is 2.54. The maximum absolute atomic E-state index is 5.30. The molecule has 2 nitrogen and oxygen atoms in total. The maximum atomic E-state index is 5.30. The van der Waals surface area contributed by atoms with Gasteiger partial charge in [0.25, 0.3) is 0 Å². The van der Waals surface area contributed by atoms with Gasteiger partial charge >= 0.3 is 0 Å². The molecule has 0 aliphatic carbocycles. The molecule has 2 heterocycles. The summed E-state index contributed by atoms with van der Waals surface area (Å²) in [7, 11) is 1.72. The molecule has 2 atom stereocenters. The number of hydrogen-bond acceptors (Lipinski definition) is 3. The molecule has 0 amide bonds. The summed E-state index contributed by atoms with van der Waals surface area (Å²) in [4.78, 5) is 4.56. The van der Waals surface area contributed by atoms with Crippen molar-refractivity contribution in [2.45, 2.75) is 12.3 Å². The van der Waals surface area contributed by atoms with Crippen LogP contribution in [0.3, 0.4) is 0 Å². The molecule has 0 N–H and O–H groups in total. The van der Waals surface area contributed by atoms with Crippen LogP contribution in [0.2, 0.25) is 0 Å². The van der Waals surface area contributed by atoms with Crippen LogP contribution in [0.4, 0.5) is 5.69 Å². The number of benzene rings is 1. The van der Waals surface area contributed by atoms with Crippen LogP contribution in [0.15, 0.2) is 23.2 Å².